The van der Waals surface area contributed by atoms with E-state index in [-0.39, 0.29) is 0 Å². The molecule has 0 spiro atoms. The molecule has 0 heterocycles. The molecule has 0 atom stereocenters. The van der Waals surface area contributed by atoms with Gasteiger partial charge < -0.3 is 0 Å². The van der Waals surface area contributed by atoms with Crippen LogP contribution in [0.2, 0.25) is 0 Å². The van der Waals surface area contributed by atoms with Gasteiger partial charge >= 0.3 is 0 Å². The Morgan fingerprint density at radius 3 is 1.87 bits per heavy atom. The van der Waals surface area contributed by atoms with Crippen molar-refractivity contribution in [2.75, 3.05) is 0 Å². The number of fused-ring (bicyclic) bond motifs is 3. The molecule has 0 unspecified atom stereocenters. The van der Waals surface area contributed by atoms with E-state index in [1.54, 1.807) is 0 Å². The standard InChI is InChI=1S/C30H25P/c1-20-17-21(2)29(22(3)18-20)31-30(23-11-5-4-6-12-23)28-19-24-13-7-8-14-25(24)26-15-9-10-16-27(26)28/h4-19H,1-3H3. The summed E-state index contributed by atoms with van der Waals surface area (Å²) < 4.78 is 0. The normalized spacial score (nSPS) is 11.9. The van der Waals surface area contributed by atoms with Gasteiger partial charge in [0.1, 0.15) is 0 Å². The molecule has 0 N–H and O–H groups in total. The largest absolute Gasteiger partial charge is 0.0622 e. The molecule has 0 saturated heterocycles. The molecule has 0 fully saturated rings. The SMILES string of the molecule is Cc1cc(C)c(P=C(c2ccccc2)c2cc3ccccc3c3ccccc23)c(C)c1. The van der Waals surface area contributed by atoms with E-state index in [2.05, 4.69) is 118 Å². The van der Waals surface area contributed by atoms with Gasteiger partial charge in [-0.3, -0.25) is 0 Å². The lowest BCUT2D eigenvalue weighted by Crippen LogP contribution is -2.09. The van der Waals surface area contributed by atoms with Gasteiger partial charge in [-0.2, -0.15) is 0 Å². The molecule has 150 valence electrons. The topological polar surface area (TPSA) is 0 Å². The molecule has 0 aliphatic carbocycles. The molecular weight excluding hydrogens is 391 g/mol. The fourth-order valence-electron chi connectivity index (χ4n) is 4.59. The van der Waals surface area contributed by atoms with Crippen LogP contribution in [0.3, 0.4) is 0 Å². The van der Waals surface area contributed by atoms with Crippen molar-refractivity contribution in [3.63, 3.8) is 0 Å². The molecule has 1 heteroatoms. The second kappa shape index (κ2) is 8.14. The zero-order valence-corrected chi connectivity index (χ0v) is 19.1. The zero-order chi connectivity index (χ0) is 21.4. The summed E-state index contributed by atoms with van der Waals surface area (Å²) >= 11 is 0. The van der Waals surface area contributed by atoms with Crippen LogP contribution in [-0.2, 0) is 0 Å². The van der Waals surface area contributed by atoms with Gasteiger partial charge in [-0.05, 0) is 70.6 Å². The van der Waals surface area contributed by atoms with E-state index >= 15 is 0 Å². The van der Waals surface area contributed by atoms with Crippen LogP contribution >= 0.6 is 8.20 Å². The molecule has 0 aliphatic heterocycles. The molecule has 0 aromatic heterocycles. The molecule has 0 radical (unpaired) electrons. The highest BCUT2D eigenvalue weighted by molar-refractivity contribution is 7.50. The second-order valence-corrected chi connectivity index (χ2v) is 9.38. The first-order valence-electron chi connectivity index (χ1n) is 10.7. The Balaban J connectivity index is 1.88. The number of hydrogen-bond donors (Lipinski definition) is 0. The van der Waals surface area contributed by atoms with Crippen LogP contribution < -0.4 is 5.30 Å². The number of rotatable bonds is 3. The molecule has 0 saturated carbocycles. The van der Waals surface area contributed by atoms with E-state index < -0.39 is 0 Å². The third kappa shape index (κ3) is 3.69. The molecule has 0 amide bonds. The lowest BCUT2D eigenvalue weighted by Gasteiger charge is -2.16. The minimum absolute atomic E-state index is 1.25. The van der Waals surface area contributed by atoms with Gasteiger partial charge in [0.15, 0.2) is 0 Å². The summed E-state index contributed by atoms with van der Waals surface area (Å²) in [6, 6.07) is 35.4. The summed E-state index contributed by atoms with van der Waals surface area (Å²) in [6.07, 6.45) is 0. The van der Waals surface area contributed by atoms with E-state index in [1.165, 1.54) is 68.2 Å². The fourth-order valence-corrected chi connectivity index (χ4v) is 5.88. The van der Waals surface area contributed by atoms with Crippen LogP contribution in [-0.4, -0.2) is 5.29 Å². The second-order valence-electron chi connectivity index (χ2n) is 8.26. The Morgan fingerprint density at radius 2 is 1.16 bits per heavy atom. The Hall–Kier alpha value is -3.21. The smallest absolute Gasteiger partial charge is 0.0175 e. The lowest BCUT2D eigenvalue weighted by molar-refractivity contribution is 1.36. The van der Waals surface area contributed by atoms with Crippen molar-refractivity contribution < 1.29 is 0 Å². The van der Waals surface area contributed by atoms with Crippen LogP contribution in [0.25, 0.3) is 21.5 Å². The van der Waals surface area contributed by atoms with Gasteiger partial charge in [-0.25, -0.2) is 0 Å². The minimum Gasteiger partial charge on any atom is -0.0622 e. The summed E-state index contributed by atoms with van der Waals surface area (Å²) in [5, 5.41) is 8.00. The van der Waals surface area contributed by atoms with Gasteiger partial charge in [-0.15, -0.1) is 0 Å². The molecular formula is C30H25P. The summed E-state index contributed by atoms with van der Waals surface area (Å²) in [4.78, 5) is 0. The van der Waals surface area contributed by atoms with Gasteiger partial charge in [0.25, 0.3) is 0 Å². The van der Waals surface area contributed by atoms with Crippen LogP contribution in [0.5, 0.6) is 0 Å². The van der Waals surface area contributed by atoms with Crippen LogP contribution in [0.1, 0.15) is 27.8 Å². The monoisotopic (exact) mass is 416 g/mol. The van der Waals surface area contributed by atoms with Gasteiger partial charge in [0.05, 0.1) is 0 Å². The Kier molecular flexibility index (Phi) is 5.18. The van der Waals surface area contributed by atoms with Crippen molar-refractivity contribution in [1.29, 1.82) is 0 Å². The number of benzene rings is 5. The molecule has 5 aromatic rings. The Morgan fingerprint density at radius 1 is 0.581 bits per heavy atom. The van der Waals surface area contributed by atoms with E-state index in [9.17, 15) is 0 Å². The fraction of sp³-hybridized carbons (Fsp3) is 0.100. The zero-order valence-electron chi connectivity index (χ0n) is 18.2. The third-order valence-electron chi connectivity index (χ3n) is 5.93. The first-order valence-corrected chi connectivity index (χ1v) is 11.6. The predicted octanol–water partition coefficient (Wildman–Crippen LogP) is 7.76. The lowest BCUT2D eigenvalue weighted by atomic mass is 9.93. The molecule has 0 bridgehead atoms. The highest BCUT2D eigenvalue weighted by Gasteiger charge is 2.14. The predicted molar refractivity (Wildman–Crippen MR) is 138 cm³/mol. The van der Waals surface area contributed by atoms with Crippen LogP contribution in [0.15, 0.2) is 97.1 Å². The van der Waals surface area contributed by atoms with Crippen molar-refractivity contribution in [2.24, 2.45) is 0 Å². The van der Waals surface area contributed by atoms with Crippen molar-refractivity contribution in [3.8, 4) is 0 Å². The number of aryl methyl sites for hydroxylation is 3. The highest BCUT2D eigenvalue weighted by Crippen LogP contribution is 2.32. The maximum Gasteiger partial charge on any atom is 0.0175 e. The molecule has 0 aliphatic rings. The first kappa shape index (κ1) is 19.7. The number of hydrogen-bond acceptors (Lipinski definition) is 0. The maximum atomic E-state index is 2.38. The van der Waals surface area contributed by atoms with Gasteiger partial charge in [-0.1, -0.05) is 105 Å². The summed E-state index contributed by atoms with van der Waals surface area (Å²) in [5.74, 6) is 0. The van der Waals surface area contributed by atoms with E-state index in [4.69, 9.17) is 0 Å². The van der Waals surface area contributed by atoms with Crippen molar-refractivity contribution in [2.45, 2.75) is 20.8 Å². The van der Waals surface area contributed by atoms with Crippen molar-refractivity contribution in [3.05, 3.63) is 125 Å². The van der Waals surface area contributed by atoms with Gasteiger partial charge in [0.2, 0.25) is 0 Å². The molecule has 31 heavy (non-hydrogen) atoms. The molecule has 5 aromatic carbocycles. The summed E-state index contributed by atoms with van der Waals surface area (Å²) in [5.41, 5.74) is 6.65. The van der Waals surface area contributed by atoms with E-state index in [0.717, 1.165) is 0 Å². The average Bonchev–Trinajstić information content (AvgIpc) is 2.79. The van der Waals surface area contributed by atoms with Crippen LogP contribution in [0, 0.1) is 20.8 Å². The average molecular weight is 417 g/mol. The first-order chi connectivity index (χ1) is 15.1. The van der Waals surface area contributed by atoms with E-state index in [1.807, 2.05) is 0 Å². The summed E-state index contributed by atoms with van der Waals surface area (Å²) in [7, 11) is 1.25. The molecule has 5 rings (SSSR count). The Labute approximate surface area is 186 Å². The molecule has 0 nitrogen and oxygen atoms in total. The minimum atomic E-state index is 1.25. The summed E-state index contributed by atoms with van der Waals surface area (Å²) in [6.45, 7) is 6.66. The van der Waals surface area contributed by atoms with Crippen molar-refractivity contribution >= 4 is 40.3 Å². The maximum absolute atomic E-state index is 2.38. The van der Waals surface area contributed by atoms with E-state index in [0.29, 0.717) is 0 Å². The quantitative estimate of drug-likeness (QED) is 0.208. The third-order valence-corrected chi connectivity index (χ3v) is 7.58. The Bertz CT molecular complexity index is 1420. The van der Waals surface area contributed by atoms with Gasteiger partial charge in [0, 0.05) is 10.6 Å². The highest BCUT2D eigenvalue weighted by atomic mass is 31.1. The van der Waals surface area contributed by atoms with Crippen LogP contribution in [0.4, 0.5) is 0 Å². The van der Waals surface area contributed by atoms with Crippen molar-refractivity contribution in [1.82, 2.24) is 0 Å².